The van der Waals surface area contributed by atoms with Gasteiger partial charge in [-0.05, 0) is 49.0 Å². The summed E-state index contributed by atoms with van der Waals surface area (Å²) in [5.74, 6) is -0.984. The molecule has 6 rings (SSSR count). The van der Waals surface area contributed by atoms with Gasteiger partial charge >= 0.3 is 4.87 Å². The summed E-state index contributed by atoms with van der Waals surface area (Å²) in [4.78, 5) is 55.6. The van der Waals surface area contributed by atoms with Crippen molar-refractivity contribution in [3.8, 4) is 0 Å². The van der Waals surface area contributed by atoms with E-state index in [1.165, 1.54) is 21.8 Å². The molecular formula is C23H21N3O4S2. The zero-order valence-electron chi connectivity index (χ0n) is 17.3. The van der Waals surface area contributed by atoms with Crippen LogP contribution in [-0.2, 0) is 14.4 Å². The quantitative estimate of drug-likeness (QED) is 0.674. The molecule has 0 radical (unpaired) electrons. The van der Waals surface area contributed by atoms with Crippen molar-refractivity contribution in [1.82, 2.24) is 9.88 Å². The highest BCUT2D eigenvalue weighted by Crippen LogP contribution is 2.64. The first-order valence-electron chi connectivity index (χ1n) is 10.7. The summed E-state index contributed by atoms with van der Waals surface area (Å²) in [6, 6.07) is 7.52. The smallest absolute Gasteiger partial charge is 0.305 e. The number of imide groups is 1. The molecule has 4 aliphatic rings. The second-order valence-corrected chi connectivity index (χ2v) is 11.1. The largest absolute Gasteiger partial charge is 0.326 e. The Bertz CT molecular complexity index is 1260. The predicted octanol–water partition coefficient (Wildman–Crippen LogP) is 2.88. The van der Waals surface area contributed by atoms with Gasteiger partial charge in [-0.3, -0.25) is 24.1 Å². The van der Waals surface area contributed by atoms with E-state index in [0.717, 1.165) is 21.9 Å². The molecule has 7 nitrogen and oxygen atoms in total. The summed E-state index contributed by atoms with van der Waals surface area (Å²) in [7, 11) is 0. The second kappa shape index (κ2) is 7.18. The van der Waals surface area contributed by atoms with Crippen molar-refractivity contribution < 1.29 is 14.4 Å². The third kappa shape index (κ3) is 2.94. The molecule has 2 saturated carbocycles. The van der Waals surface area contributed by atoms with Crippen molar-refractivity contribution in [2.45, 2.75) is 30.0 Å². The molecule has 1 aromatic carbocycles. The number of thioether (sulfide) groups is 1. The van der Waals surface area contributed by atoms with Gasteiger partial charge in [0, 0.05) is 23.9 Å². The predicted molar refractivity (Wildman–Crippen MR) is 122 cm³/mol. The van der Waals surface area contributed by atoms with Gasteiger partial charge in [-0.25, -0.2) is 0 Å². The first kappa shape index (κ1) is 20.0. The summed E-state index contributed by atoms with van der Waals surface area (Å²) in [6.45, 7) is 2.06. The Hall–Kier alpha value is -2.65. The summed E-state index contributed by atoms with van der Waals surface area (Å²) < 4.78 is 0. The first-order valence-corrected chi connectivity index (χ1v) is 12.4. The van der Waals surface area contributed by atoms with Gasteiger partial charge in [-0.2, -0.15) is 0 Å². The number of nitrogens with one attached hydrogen (secondary N) is 2. The van der Waals surface area contributed by atoms with Crippen molar-refractivity contribution in [2.75, 3.05) is 11.9 Å². The zero-order chi connectivity index (χ0) is 22.1. The molecule has 2 aromatic rings. The molecule has 2 aliphatic carbocycles. The van der Waals surface area contributed by atoms with Gasteiger partial charge in [-0.1, -0.05) is 40.8 Å². The third-order valence-corrected chi connectivity index (χ3v) is 9.50. The SMILES string of the molecule is Cc1cccc(NC(=O)CCN2C(=O)[C@@H]3[C@@H]4C[C@H](C5=Cc6sc(=O)[nH]c6S[C@H]54)[C@@H]3C2=O)c1. The fraction of sp³-hybridized carbons (Fsp3) is 0.391. The highest BCUT2D eigenvalue weighted by atomic mass is 32.2. The lowest BCUT2D eigenvalue weighted by molar-refractivity contribution is -0.140. The van der Waals surface area contributed by atoms with Crippen LogP contribution >= 0.6 is 23.1 Å². The van der Waals surface area contributed by atoms with Gasteiger partial charge in [0.2, 0.25) is 17.7 Å². The van der Waals surface area contributed by atoms with Gasteiger partial charge in [0.05, 0.1) is 21.7 Å². The van der Waals surface area contributed by atoms with E-state index in [2.05, 4.69) is 16.4 Å². The molecule has 0 spiro atoms. The molecule has 0 unspecified atom stereocenters. The molecule has 32 heavy (non-hydrogen) atoms. The van der Waals surface area contributed by atoms with Crippen molar-refractivity contribution in [1.29, 1.82) is 0 Å². The van der Waals surface area contributed by atoms with Crippen LogP contribution in [0.25, 0.3) is 6.08 Å². The van der Waals surface area contributed by atoms with Crippen LogP contribution in [0.1, 0.15) is 23.3 Å². The number of fused-ring (bicyclic) bond motifs is 9. The minimum atomic E-state index is -0.326. The topological polar surface area (TPSA) is 99.3 Å². The molecule has 9 heteroatoms. The number of anilines is 1. The van der Waals surface area contributed by atoms with E-state index in [9.17, 15) is 19.2 Å². The monoisotopic (exact) mass is 467 g/mol. The number of amides is 3. The van der Waals surface area contributed by atoms with Crippen LogP contribution < -0.4 is 10.2 Å². The Morgan fingerprint density at radius 2 is 2.03 bits per heavy atom. The van der Waals surface area contributed by atoms with E-state index < -0.39 is 0 Å². The number of hydrogen-bond donors (Lipinski definition) is 2. The molecule has 5 atom stereocenters. The molecular weight excluding hydrogens is 446 g/mol. The van der Waals surface area contributed by atoms with Crippen molar-refractivity contribution in [3.05, 3.63) is 49.9 Å². The molecule has 3 fully saturated rings. The Kier molecular flexibility index (Phi) is 4.49. The number of hydrogen-bond acceptors (Lipinski definition) is 6. The Labute approximate surface area is 192 Å². The number of aryl methyl sites for hydroxylation is 1. The lowest BCUT2D eigenvalue weighted by Gasteiger charge is -2.32. The molecule has 2 aliphatic heterocycles. The Balaban J connectivity index is 1.17. The Morgan fingerprint density at radius 1 is 1.22 bits per heavy atom. The number of aromatic amines is 1. The van der Waals surface area contributed by atoms with Gasteiger partial charge in [0.1, 0.15) is 0 Å². The van der Waals surface area contributed by atoms with Gasteiger partial charge in [0.25, 0.3) is 0 Å². The first-order chi connectivity index (χ1) is 15.4. The normalized spacial score (nSPS) is 29.6. The lowest BCUT2D eigenvalue weighted by Crippen LogP contribution is -2.35. The van der Waals surface area contributed by atoms with Crippen LogP contribution in [-0.4, -0.2) is 39.4 Å². The number of rotatable bonds is 4. The van der Waals surface area contributed by atoms with E-state index in [-0.39, 0.29) is 64.5 Å². The molecule has 2 N–H and O–H groups in total. The molecule has 1 aromatic heterocycles. The molecule has 164 valence electrons. The second-order valence-electron chi connectivity index (χ2n) is 8.94. The molecule has 1 saturated heterocycles. The number of aromatic nitrogens is 1. The number of carbonyl (C=O) groups excluding carboxylic acids is 3. The molecule has 3 amide bonds. The maximum atomic E-state index is 13.2. The highest BCUT2D eigenvalue weighted by molar-refractivity contribution is 8.00. The van der Waals surface area contributed by atoms with E-state index >= 15 is 0 Å². The van der Waals surface area contributed by atoms with Crippen LogP contribution in [0, 0.1) is 30.6 Å². The average Bonchev–Trinajstić information content (AvgIpc) is 3.46. The van der Waals surface area contributed by atoms with Crippen LogP contribution in [0.4, 0.5) is 5.69 Å². The minimum Gasteiger partial charge on any atom is -0.326 e. The summed E-state index contributed by atoms with van der Waals surface area (Å²) in [5, 5.41) is 3.85. The van der Waals surface area contributed by atoms with E-state index in [1.807, 2.05) is 31.2 Å². The highest BCUT2D eigenvalue weighted by Gasteiger charge is 2.66. The summed E-state index contributed by atoms with van der Waals surface area (Å²) in [5.41, 5.74) is 2.95. The molecule has 3 heterocycles. The maximum absolute atomic E-state index is 13.2. The number of likely N-dealkylation sites (tertiary alicyclic amines) is 1. The van der Waals surface area contributed by atoms with Crippen LogP contribution in [0.15, 0.2) is 39.7 Å². The number of nitrogens with zero attached hydrogens (tertiary/aromatic N) is 1. The van der Waals surface area contributed by atoms with Gasteiger partial charge in [-0.15, -0.1) is 0 Å². The molecule has 2 bridgehead atoms. The fourth-order valence-electron chi connectivity index (χ4n) is 5.86. The maximum Gasteiger partial charge on any atom is 0.305 e. The Morgan fingerprint density at radius 3 is 2.84 bits per heavy atom. The summed E-state index contributed by atoms with van der Waals surface area (Å²) in [6.07, 6.45) is 2.99. The van der Waals surface area contributed by atoms with E-state index in [1.54, 1.807) is 11.8 Å². The number of H-pyrrole nitrogens is 1. The minimum absolute atomic E-state index is 0.0513. The van der Waals surface area contributed by atoms with Crippen LogP contribution in [0.3, 0.4) is 0 Å². The number of carbonyl (C=O) groups is 3. The summed E-state index contributed by atoms with van der Waals surface area (Å²) >= 11 is 2.82. The van der Waals surface area contributed by atoms with E-state index in [0.29, 0.717) is 5.69 Å². The fourth-order valence-corrected chi connectivity index (χ4v) is 8.30. The lowest BCUT2D eigenvalue weighted by atomic mass is 9.77. The standard InChI is InChI=1S/C23H21N3O4S2/c1-10-3-2-4-11(7-10)24-16(27)5-6-26-21(28)17-12-8-14(18(17)22(26)29)19-13(12)9-15-20(32-19)25-23(30)31-15/h2-4,7,9,12,14,17-19H,5-6,8H2,1H3,(H,24,27)(H,25,30)/t12-,14+,17+,18-,19-/m1/s1. The van der Waals surface area contributed by atoms with Crippen molar-refractivity contribution >= 4 is 52.6 Å². The van der Waals surface area contributed by atoms with Crippen molar-refractivity contribution in [2.24, 2.45) is 23.7 Å². The van der Waals surface area contributed by atoms with Crippen LogP contribution in [0.2, 0.25) is 0 Å². The van der Waals surface area contributed by atoms with Crippen molar-refractivity contribution in [3.63, 3.8) is 0 Å². The van der Waals surface area contributed by atoms with Gasteiger partial charge in [0.15, 0.2) is 0 Å². The van der Waals surface area contributed by atoms with E-state index in [4.69, 9.17) is 0 Å². The third-order valence-electron chi connectivity index (χ3n) is 7.10. The number of benzene rings is 1. The average molecular weight is 468 g/mol. The number of thiazole rings is 1. The van der Waals surface area contributed by atoms with Gasteiger partial charge < -0.3 is 10.3 Å². The zero-order valence-corrected chi connectivity index (χ0v) is 18.9. The van der Waals surface area contributed by atoms with Crippen LogP contribution in [0.5, 0.6) is 0 Å².